The maximum Gasteiger partial charge on any atom is 0.263 e. The molecule has 0 aliphatic carbocycles. The van der Waals surface area contributed by atoms with Gasteiger partial charge in [-0.3, -0.25) is 4.72 Å². The van der Waals surface area contributed by atoms with Gasteiger partial charge in [-0.25, -0.2) is 17.8 Å². The molecule has 0 aliphatic rings. The first-order chi connectivity index (χ1) is 11.9. The Hall–Kier alpha value is -2.44. The number of aryl methyl sites for hydroxylation is 1. The molecule has 3 aromatic rings. The lowest BCUT2D eigenvalue weighted by Gasteiger charge is -2.12. The summed E-state index contributed by atoms with van der Waals surface area (Å²) < 4.78 is 41.3. The van der Waals surface area contributed by atoms with Crippen LogP contribution in [-0.2, 0) is 10.0 Å². The van der Waals surface area contributed by atoms with Gasteiger partial charge in [-0.1, -0.05) is 48.0 Å². The van der Waals surface area contributed by atoms with E-state index in [-0.39, 0.29) is 15.7 Å². The zero-order valence-corrected chi connectivity index (χ0v) is 14.8. The topological polar surface area (TPSA) is 59.1 Å². The van der Waals surface area contributed by atoms with Crippen molar-refractivity contribution in [2.24, 2.45) is 0 Å². The molecule has 128 valence electrons. The minimum Gasteiger partial charge on any atom is -0.262 e. The Bertz CT molecular complexity index is 1040. The minimum atomic E-state index is -3.82. The summed E-state index contributed by atoms with van der Waals surface area (Å²) in [6.07, 6.45) is 1.37. The lowest BCUT2D eigenvalue weighted by atomic mass is 10.1. The quantitative estimate of drug-likeness (QED) is 0.721. The first kappa shape index (κ1) is 17.4. The Balaban J connectivity index is 1.95. The maximum absolute atomic E-state index is 13.9. The summed E-state index contributed by atoms with van der Waals surface area (Å²) in [5.41, 5.74) is 1.40. The Morgan fingerprint density at radius 3 is 2.44 bits per heavy atom. The van der Waals surface area contributed by atoms with Crippen LogP contribution < -0.4 is 4.72 Å². The molecule has 4 nitrogen and oxygen atoms in total. The Labute approximate surface area is 150 Å². The van der Waals surface area contributed by atoms with Crippen LogP contribution in [0.1, 0.15) is 5.56 Å². The van der Waals surface area contributed by atoms with Crippen molar-refractivity contribution in [3.8, 4) is 11.1 Å². The molecule has 0 saturated heterocycles. The molecule has 0 amide bonds. The normalized spacial score (nSPS) is 11.3. The summed E-state index contributed by atoms with van der Waals surface area (Å²) >= 11 is 6.15. The van der Waals surface area contributed by atoms with Crippen molar-refractivity contribution >= 4 is 27.4 Å². The van der Waals surface area contributed by atoms with Gasteiger partial charge in [0.15, 0.2) is 5.82 Å². The fourth-order valence-corrected chi connectivity index (χ4v) is 3.94. The number of benzene rings is 2. The zero-order valence-electron chi connectivity index (χ0n) is 13.2. The predicted molar refractivity (Wildman–Crippen MR) is 96.6 cm³/mol. The molecular weight excluding hydrogens is 363 g/mol. The van der Waals surface area contributed by atoms with Gasteiger partial charge in [-0.05, 0) is 30.7 Å². The minimum absolute atomic E-state index is 0.00925. The number of halogens is 2. The molecular formula is C18H14ClFN2O2S. The van der Waals surface area contributed by atoms with E-state index in [4.69, 9.17) is 11.6 Å². The van der Waals surface area contributed by atoms with Gasteiger partial charge in [0.2, 0.25) is 0 Å². The van der Waals surface area contributed by atoms with Gasteiger partial charge >= 0.3 is 0 Å². The highest BCUT2D eigenvalue weighted by atomic mass is 35.5. The van der Waals surface area contributed by atoms with Crippen LogP contribution in [0.2, 0.25) is 5.02 Å². The molecule has 25 heavy (non-hydrogen) atoms. The highest BCUT2D eigenvalue weighted by Crippen LogP contribution is 2.29. The summed E-state index contributed by atoms with van der Waals surface area (Å²) in [6.45, 7) is 1.70. The van der Waals surface area contributed by atoms with E-state index < -0.39 is 15.8 Å². The van der Waals surface area contributed by atoms with Gasteiger partial charge in [0.25, 0.3) is 10.0 Å². The average molecular weight is 377 g/mol. The number of sulfonamides is 1. The first-order valence-corrected chi connectivity index (χ1v) is 9.23. The number of nitrogens with zero attached hydrogens (tertiary/aromatic N) is 1. The Morgan fingerprint density at radius 2 is 1.76 bits per heavy atom. The molecule has 0 atom stereocenters. The van der Waals surface area contributed by atoms with Gasteiger partial charge in [-0.15, -0.1) is 0 Å². The third-order valence-electron chi connectivity index (χ3n) is 3.64. The first-order valence-electron chi connectivity index (χ1n) is 7.37. The Kier molecular flexibility index (Phi) is 4.74. The fourth-order valence-electron chi connectivity index (χ4n) is 2.40. The van der Waals surface area contributed by atoms with Crippen molar-refractivity contribution in [3.63, 3.8) is 0 Å². The molecule has 0 saturated carbocycles. The molecule has 1 aromatic heterocycles. The molecule has 7 heteroatoms. The number of hydrogen-bond acceptors (Lipinski definition) is 3. The molecule has 0 bridgehead atoms. The summed E-state index contributed by atoms with van der Waals surface area (Å²) in [5, 5.41) is 0.0814. The van der Waals surface area contributed by atoms with Crippen molar-refractivity contribution in [1.82, 2.24) is 4.98 Å². The van der Waals surface area contributed by atoms with E-state index in [1.165, 1.54) is 24.4 Å². The van der Waals surface area contributed by atoms with Crippen LogP contribution >= 0.6 is 11.6 Å². The van der Waals surface area contributed by atoms with Crippen molar-refractivity contribution in [3.05, 3.63) is 77.2 Å². The van der Waals surface area contributed by atoms with E-state index >= 15 is 0 Å². The number of pyridine rings is 1. The lowest BCUT2D eigenvalue weighted by molar-refractivity contribution is 0.600. The third kappa shape index (κ3) is 3.65. The number of aromatic nitrogens is 1. The van der Waals surface area contributed by atoms with Crippen LogP contribution in [-0.4, -0.2) is 13.4 Å². The van der Waals surface area contributed by atoms with E-state index in [9.17, 15) is 12.8 Å². The highest BCUT2D eigenvalue weighted by molar-refractivity contribution is 7.92. The second-order valence-corrected chi connectivity index (χ2v) is 7.46. The summed E-state index contributed by atoms with van der Waals surface area (Å²) in [6, 6.07) is 14.3. The van der Waals surface area contributed by atoms with Gasteiger partial charge < -0.3 is 0 Å². The molecule has 0 fully saturated rings. The Morgan fingerprint density at radius 1 is 1.08 bits per heavy atom. The summed E-state index contributed by atoms with van der Waals surface area (Å²) in [5.74, 6) is -0.418. The molecule has 3 rings (SSSR count). The van der Waals surface area contributed by atoms with Crippen LogP contribution in [0.15, 0.2) is 65.7 Å². The highest BCUT2D eigenvalue weighted by Gasteiger charge is 2.19. The van der Waals surface area contributed by atoms with E-state index in [0.717, 1.165) is 0 Å². The van der Waals surface area contributed by atoms with Crippen molar-refractivity contribution in [2.75, 3.05) is 4.72 Å². The van der Waals surface area contributed by atoms with Gasteiger partial charge in [-0.2, -0.15) is 0 Å². The number of hydrogen-bond donors (Lipinski definition) is 1. The summed E-state index contributed by atoms with van der Waals surface area (Å²) in [4.78, 5) is 4.19. The smallest absolute Gasteiger partial charge is 0.262 e. The summed E-state index contributed by atoms with van der Waals surface area (Å²) in [7, 11) is -3.82. The van der Waals surface area contributed by atoms with Crippen LogP contribution in [0, 0.1) is 12.7 Å². The van der Waals surface area contributed by atoms with E-state index in [2.05, 4.69) is 9.71 Å². The van der Waals surface area contributed by atoms with Crippen LogP contribution in [0.25, 0.3) is 11.1 Å². The van der Waals surface area contributed by atoms with Crippen molar-refractivity contribution < 1.29 is 12.8 Å². The van der Waals surface area contributed by atoms with Crippen LogP contribution in [0.3, 0.4) is 0 Å². The van der Waals surface area contributed by atoms with Crippen LogP contribution in [0.4, 0.5) is 10.2 Å². The van der Waals surface area contributed by atoms with Gasteiger partial charge in [0.1, 0.15) is 5.82 Å². The van der Waals surface area contributed by atoms with Crippen molar-refractivity contribution in [1.29, 1.82) is 0 Å². The number of anilines is 1. The largest absolute Gasteiger partial charge is 0.263 e. The number of rotatable bonds is 4. The predicted octanol–water partition coefficient (Wildman–Crippen LogP) is 4.65. The van der Waals surface area contributed by atoms with Crippen molar-refractivity contribution in [2.45, 2.75) is 11.8 Å². The van der Waals surface area contributed by atoms with E-state index in [1.54, 1.807) is 43.3 Å². The molecule has 1 N–H and O–H groups in total. The molecule has 0 spiro atoms. The second kappa shape index (κ2) is 6.82. The molecule has 0 radical (unpaired) electrons. The van der Waals surface area contributed by atoms with Gasteiger partial charge in [0, 0.05) is 17.3 Å². The van der Waals surface area contributed by atoms with Crippen LogP contribution in [0.5, 0.6) is 0 Å². The second-order valence-electron chi connectivity index (χ2n) is 5.41. The zero-order chi connectivity index (χ0) is 18.0. The molecule has 0 unspecified atom stereocenters. The molecule has 2 aromatic carbocycles. The van der Waals surface area contributed by atoms with Gasteiger partial charge in [0.05, 0.1) is 9.92 Å². The SMILES string of the molecule is Cc1ccccc1S(=O)(=O)Nc1ncc(-c2ccccc2F)cc1Cl. The molecule has 0 aliphatic heterocycles. The average Bonchev–Trinajstić information content (AvgIpc) is 2.57. The third-order valence-corrected chi connectivity index (χ3v) is 5.43. The fraction of sp³-hybridized carbons (Fsp3) is 0.0556. The number of nitrogens with one attached hydrogen (secondary N) is 1. The molecule has 1 heterocycles. The standard InChI is InChI=1S/C18H14ClFN2O2S/c1-12-6-2-5-9-17(12)25(23,24)22-18-15(19)10-13(11-21-18)14-7-3-4-8-16(14)20/h2-11H,1H3,(H,21,22). The maximum atomic E-state index is 13.9. The monoisotopic (exact) mass is 376 g/mol. The van der Waals surface area contributed by atoms with E-state index in [1.807, 2.05) is 0 Å². The lowest BCUT2D eigenvalue weighted by Crippen LogP contribution is -2.15. The van der Waals surface area contributed by atoms with E-state index in [0.29, 0.717) is 16.7 Å².